The van der Waals surface area contributed by atoms with Gasteiger partial charge in [-0.05, 0) is 50.7 Å². The van der Waals surface area contributed by atoms with Crippen LogP contribution in [0.25, 0.3) is 0 Å². The van der Waals surface area contributed by atoms with Crippen molar-refractivity contribution >= 4 is 35.6 Å². The monoisotopic (exact) mass is 377 g/mol. The minimum Gasteiger partial charge on any atom is -0.306 e. The molecule has 1 aromatic carbocycles. The number of anilines is 1. The predicted octanol–water partition coefficient (Wildman–Crippen LogP) is 3.91. The van der Waals surface area contributed by atoms with E-state index in [1.54, 1.807) is 18.3 Å². The summed E-state index contributed by atoms with van der Waals surface area (Å²) in [6.45, 7) is 4.08. The van der Waals surface area contributed by atoms with Crippen molar-refractivity contribution < 1.29 is 4.79 Å². The lowest BCUT2D eigenvalue weighted by molar-refractivity contribution is 0.0964. The van der Waals surface area contributed by atoms with Gasteiger partial charge in [-0.15, -0.1) is 12.4 Å². The van der Waals surface area contributed by atoms with E-state index in [2.05, 4.69) is 42.1 Å². The molecular formula is C19H21Cl2N3O. The average Bonchev–Trinajstić information content (AvgIpc) is 2.88. The van der Waals surface area contributed by atoms with Crippen LogP contribution in [0.5, 0.6) is 0 Å². The molecule has 0 spiro atoms. The Hall–Kier alpha value is -1.62. The number of benzene rings is 1. The van der Waals surface area contributed by atoms with Gasteiger partial charge in [-0.25, -0.2) is 4.98 Å². The number of fused-ring (bicyclic) bond motifs is 3. The second-order valence-electron chi connectivity index (χ2n) is 6.80. The van der Waals surface area contributed by atoms with Gasteiger partial charge in [0.15, 0.2) is 0 Å². The topological polar surface area (TPSA) is 36.4 Å². The Labute approximate surface area is 159 Å². The van der Waals surface area contributed by atoms with Gasteiger partial charge in [-0.3, -0.25) is 4.79 Å². The molecule has 0 aliphatic carbocycles. The number of hydrogen-bond acceptors (Lipinski definition) is 3. The molecule has 1 amide bonds. The van der Waals surface area contributed by atoms with E-state index >= 15 is 0 Å². The highest BCUT2D eigenvalue weighted by molar-refractivity contribution is 6.33. The molecule has 2 unspecified atom stereocenters. The minimum absolute atomic E-state index is 0. The van der Waals surface area contributed by atoms with E-state index in [0.29, 0.717) is 11.5 Å². The van der Waals surface area contributed by atoms with Crippen LogP contribution in [0.4, 0.5) is 5.69 Å². The quantitative estimate of drug-likeness (QED) is 0.706. The molecule has 1 saturated heterocycles. The molecule has 0 N–H and O–H groups in total. The lowest BCUT2D eigenvalue weighted by atomic mass is 9.89. The lowest BCUT2D eigenvalue weighted by Crippen LogP contribution is -2.47. The first kappa shape index (κ1) is 18.2. The Kier molecular flexibility index (Phi) is 5.05. The van der Waals surface area contributed by atoms with Crippen LogP contribution >= 0.6 is 24.0 Å². The van der Waals surface area contributed by atoms with E-state index in [-0.39, 0.29) is 29.5 Å². The van der Waals surface area contributed by atoms with E-state index < -0.39 is 0 Å². The van der Waals surface area contributed by atoms with Crippen molar-refractivity contribution in [3.63, 3.8) is 0 Å². The third kappa shape index (κ3) is 3.03. The number of carbonyl (C=O) groups is 1. The zero-order valence-electron chi connectivity index (χ0n) is 14.3. The van der Waals surface area contributed by atoms with Crippen molar-refractivity contribution in [2.24, 2.45) is 0 Å². The molecular weight excluding hydrogens is 357 g/mol. The van der Waals surface area contributed by atoms with E-state index in [0.717, 1.165) is 25.2 Å². The Morgan fingerprint density at radius 2 is 2.12 bits per heavy atom. The number of rotatable bonds is 1. The Morgan fingerprint density at radius 1 is 1.32 bits per heavy atom. The summed E-state index contributed by atoms with van der Waals surface area (Å²) in [5, 5.41) is 0.271. The highest BCUT2D eigenvalue weighted by Gasteiger charge is 2.44. The van der Waals surface area contributed by atoms with E-state index in [1.165, 1.54) is 11.1 Å². The second-order valence-corrected chi connectivity index (χ2v) is 7.16. The fourth-order valence-corrected chi connectivity index (χ4v) is 4.22. The molecule has 4 rings (SSSR count). The molecule has 1 fully saturated rings. The van der Waals surface area contributed by atoms with Gasteiger partial charge in [0.1, 0.15) is 5.15 Å². The largest absolute Gasteiger partial charge is 0.306 e. The van der Waals surface area contributed by atoms with Crippen LogP contribution in [0.15, 0.2) is 36.5 Å². The molecule has 3 heterocycles. The van der Waals surface area contributed by atoms with Gasteiger partial charge in [0.25, 0.3) is 5.91 Å². The van der Waals surface area contributed by atoms with Crippen molar-refractivity contribution in [1.82, 2.24) is 9.88 Å². The molecule has 2 aliphatic rings. The molecule has 6 heteroatoms. The number of nitrogens with zero attached hydrogens (tertiary/aromatic N) is 3. The number of aryl methyl sites for hydroxylation is 1. The minimum atomic E-state index is -0.0461. The normalized spacial score (nSPS) is 22.1. The van der Waals surface area contributed by atoms with Crippen molar-refractivity contribution in [2.75, 3.05) is 25.0 Å². The van der Waals surface area contributed by atoms with E-state index in [1.807, 2.05) is 4.90 Å². The van der Waals surface area contributed by atoms with Crippen LogP contribution in [-0.4, -0.2) is 42.0 Å². The molecule has 1 aromatic heterocycles. The SMILES string of the molecule is Cc1ccc2c(c1)C1CN(C)CCC1N2C(=O)c1cccnc1Cl.Cl. The lowest BCUT2D eigenvalue weighted by Gasteiger charge is -2.36. The van der Waals surface area contributed by atoms with Gasteiger partial charge in [-0.1, -0.05) is 29.3 Å². The Morgan fingerprint density at radius 3 is 2.88 bits per heavy atom. The van der Waals surface area contributed by atoms with Crippen molar-refractivity contribution in [3.05, 3.63) is 58.4 Å². The number of likely N-dealkylation sites (tertiary alicyclic amines) is 1. The molecule has 25 heavy (non-hydrogen) atoms. The zero-order valence-corrected chi connectivity index (χ0v) is 15.8. The fraction of sp³-hybridized carbons (Fsp3) is 0.368. The third-order valence-electron chi connectivity index (χ3n) is 5.16. The highest BCUT2D eigenvalue weighted by Crippen LogP contribution is 2.45. The molecule has 2 aromatic rings. The van der Waals surface area contributed by atoms with Crippen LogP contribution in [0.2, 0.25) is 5.15 Å². The summed E-state index contributed by atoms with van der Waals surface area (Å²) in [4.78, 5) is 21.6. The van der Waals surface area contributed by atoms with Crippen LogP contribution in [0.3, 0.4) is 0 Å². The number of piperidine rings is 1. The number of likely N-dealkylation sites (N-methyl/N-ethyl adjacent to an activating group) is 1. The highest BCUT2D eigenvalue weighted by atomic mass is 35.5. The standard InChI is InChI=1S/C19H20ClN3O.ClH/c1-12-5-6-16-14(10-12)15-11-22(2)9-7-17(15)23(16)19(24)13-4-3-8-21-18(13)20;/h3-6,8,10,15,17H,7,9,11H2,1-2H3;1H. The molecule has 132 valence electrons. The first-order valence-electron chi connectivity index (χ1n) is 8.29. The first-order valence-corrected chi connectivity index (χ1v) is 8.67. The number of pyridine rings is 1. The fourth-order valence-electron chi connectivity index (χ4n) is 4.02. The third-order valence-corrected chi connectivity index (χ3v) is 5.46. The van der Waals surface area contributed by atoms with Gasteiger partial charge in [0, 0.05) is 30.4 Å². The number of carbonyl (C=O) groups excluding carboxylic acids is 1. The smallest absolute Gasteiger partial charge is 0.261 e. The molecule has 0 bridgehead atoms. The summed E-state index contributed by atoms with van der Waals surface area (Å²) in [5.74, 6) is 0.313. The van der Waals surface area contributed by atoms with Gasteiger partial charge < -0.3 is 9.80 Å². The van der Waals surface area contributed by atoms with Gasteiger partial charge in [0.2, 0.25) is 0 Å². The average molecular weight is 378 g/mol. The van der Waals surface area contributed by atoms with Gasteiger partial charge >= 0.3 is 0 Å². The second kappa shape index (κ2) is 6.94. The summed E-state index contributed by atoms with van der Waals surface area (Å²) in [5.41, 5.74) is 4.01. The molecule has 0 saturated carbocycles. The summed E-state index contributed by atoms with van der Waals surface area (Å²) in [6.07, 6.45) is 2.58. The Bertz CT molecular complexity index is 811. The number of hydrogen-bond donors (Lipinski definition) is 0. The van der Waals surface area contributed by atoms with Gasteiger partial charge in [0.05, 0.1) is 5.56 Å². The molecule has 2 atom stereocenters. The van der Waals surface area contributed by atoms with Crippen molar-refractivity contribution in [1.29, 1.82) is 0 Å². The van der Waals surface area contributed by atoms with E-state index in [9.17, 15) is 4.79 Å². The van der Waals surface area contributed by atoms with Crippen molar-refractivity contribution in [2.45, 2.75) is 25.3 Å². The maximum atomic E-state index is 13.2. The van der Waals surface area contributed by atoms with Crippen molar-refractivity contribution in [3.8, 4) is 0 Å². The van der Waals surface area contributed by atoms with Gasteiger partial charge in [-0.2, -0.15) is 0 Å². The number of aromatic nitrogens is 1. The number of amides is 1. The predicted molar refractivity (Wildman–Crippen MR) is 103 cm³/mol. The zero-order chi connectivity index (χ0) is 16.8. The summed E-state index contributed by atoms with van der Waals surface area (Å²) in [6, 6.07) is 10.1. The summed E-state index contributed by atoms with van der Waals surface area (Å²) >= 11 is 6.18. The van der Waals surface area contributed by atoms with Crippen LogP contribution in [-0.2, 0) is 0 Å². The molecule has 4 nitrogen and oxygen atoms in total. The molecule has 2 aliphatic heterocycles. The summed E-state index contributed by atoms with van der Waals surface area (Å²) < 4.78 is 0. The Balaban J connectivity index is 0.00000182. The van der Waals surface area contributed by atoms with E-state index in [4.69, 9.17) is 11.6 Å². The maximum absolute atomic E-state index is 13.2. The first-order chi connectivity index (χ1) is 11.6. The maximum Gasteiger partial charge on any atom is 0.261 e. The molecule has 0 radical (unpaired) electrons. The number of halogens is 2. The van der Waals surface area contributed by atoms with Crippen LogP contribution in [0.1, 0.15) is 33.8 Å². The van der Waals surface area contributed by atoms with Crippen LogP contribution < -0.4 is 4.90 Å². The van der Waals surface area contributed by atoms with Crippen LogP contribution in [0, 0.1) is 6.92 Å². The summed E-state index contributed by atoms with van der Waals surface area (Å²) in [7, 11) is 2.15.